The maximum atomic E-state index is 12.5. The summed E-state index contributed by atoms with van der Waals surface area (Å²) in [5, 5.41) is 17.1. The summed E-state index contributed by atoms with van der Waals surface area (Å²) in [6, 6.07) is 5.09. The first-order valence-electron chi connectivity index (χ1n) is 8.57. The van der Waals surface area contributed by atoms with Gasteiger partial charge in [-0.1, -0.05) is 11.6 Å². The molecule has 1 atom stereocenters. The largest absolute Gasteiger partial charge is 0.391 e. The van der Waals surface area contributed by atoms with Crippen molar-refractivity contribution < 1.29 is 14.6 Å². The lowest BCUT2D eigenvalue weighted by Crippen LogP contribution is -2.47. The fourth-order valence-corrected chi connectivity index (χ4v) is 3.86. The summed E-state index contributed by atoms with van der Waals surface area (Å²) < 4.78 is 7.33. The van der Waals surface area contributed by atoms with E-state index in [0.717, 1.165) is 12.8 Å². The molecule has 4 rings (SSSR count). The topological polar surface area (TPSA) is 92.5 Å². The Morgan fingerprint density at radius 1 is 1.38 bits per heavy atom. The normalized spacial score (nSPS) is 21.9. The number of piperidine rings is 1. The molecule has 2 aliphatic rings. The molecule has 0 radical (unpaired) electrons. The molecule has 1 aromatic carbocycles. The zero-order valence-electron chi connectivity index (χ0n) is 14.1. The highest BCUT2D eigenvalue weighted by Crippen LogP contribution is 2.36. The Morgan fingerprint density at radius 2 is 2.19 bits per heavy atom. The van der Waals surface area contributed by atoms with Crippen LogP contribution in [0.4, 0.5) is 10.5 Å². The Balaban J connectivity index is 1.37. The van der Waals surface area contributed by atoms with E-state index in [1.165, 1.54) is 6.33 Å². The van der Waals surface area contributed by atoms with E-state index in [9.17, 15) is 9.90 Å². The summed E-state index contributed by atoms with van der Waals surface area (Å²) in [4.78, 5) is 18.2. The molecule has 138 valence electrons. The molecule has 2 amide bonds. The summed E-state index contributed by atoms with van der Waals surface area (Å²) in [5.74, 6) is 0. The smallest absolute Gasteiger partial charge is 0.321 e. The molecule has 0 bridgehead atoms. The van der Waals surface area contributed by atoms with Crippen LogP contribution in [0, 0.1) is 0 Å². The average molecular weight is 378 g/mol. The monoisotopic (exact) mass is 377 g/mol. The Bertz CT molecular complexity index is 790. The van der Waals surface area contributed by atoms with E-state index in [2.05, 4.69) is 15.4 Å². The number of halogens is 1. The van der Waals surface area contributed by atoms with Crippen molar-refractivity contribution in [3.8, 4) is 5.69 Å². The maximum absolute atomic E-state index is 12.5. The van der Waals surface area contributed by atoms with Crippen molar-refractivity contribution >= 4 is 23.3 Å². The number of nitrogens with one attached hydrogen (secondary N) is 1. The highest BCUT2D eigenvalue weighted by molar-refractivity contribution is 6.32. The number of hydrogen-bond acceptors (Lipinski definition) is 5. The molecule has 26 heavy (non-hydrogen) atoms. The number of aromatic nitrogens is 3. The fourth-order valence-electron chi connectivity index (χ4n) is 3.59. The predicted octanol–water partition coefficient (Wildman–Crippen LogP) is 2.07. The van der Waals surface area contributed by atoms with Crippen molar-refractivity contribution in [1.29, 1.82) is 0 Å². The van der Waals surface area contributed by atoms with E-state index in [1.54, 1.807) is 34.1 Å². The van der Waals surface area contributed by atoms with E-state index in [0.29, 0.717) is 42.5 Å². The van der Waals surface area contributed by atoms with Crippen LogP contribution in [0.3, 0.4) is 0 Å². The number of urea groups is 1. The van der Waals surface area contributed by atoms with Gasteiger partial charge in [-0.2, -0.15) is 5.10 Å². The number of aliphatic hydroxyl groups excluding tert-OH is 1. The van der Waals surface area contributed by atoms with Crippen LogP contribution >= 0.6 is 11.6 Å². The number of nitrogens with zero attached hydrogens (tertiary/aromatic N) is 4. The lowest BCUT2D eigenvalue weighted by Gasteiger charge is -2.38. The molecule has 0 saturated carbocycles. The number of anilines is 1. The molecule has 1 aromatic heterocycles. The quantitative estimate of drug-likeness (QED) is 0.835. The Labute approximate surface area is 155 Å². The third kappa shape index (κ3) is 3.40. The van der Waals surface area contributed by atoms with Gasteiger partial charge in [-0.05, 0) is 31.0 Å². The van der Waals surface area contributed by atoms with Crippen LogP contribution in [-0.4, -0.2) is 62.2 Å². The third-order valence-corrected chi connectivity index (χ3v) is 5.32. The molecule has 3 heterocycles. The van der Waals surface area contributed by atoms with E-state index >= 15 is 0 Å². The van der Waals surface area contributed by atoms with E-state index in [-0.39, 0.29) is 17.7 Å². The first-order valence-corrected chi connectivity index (χ1v) is 8.95. The molecular weight excluding hydrogens is 358 g/mol. The molecule has 2 saturated heterocycles. The number of rotatable bonds is 2. The van der Waals surface area contributed by atoms with Gasteiger partial charge in [-0.25, -0.2) is 14.5 Å². The molecule has 2 fully saturated rings. The number of carbonyl (C=O) groups excluding carboxylic acids is 1. The SMILES string of the molecule is O=C(Nc1ccc(-n2cncn2)c(Cl)c1)N1CCC2(CC1)C[C@@H](O)CO2. The maximum Gasteiger partial charge on any atom is 0.321 e. The number of likely N-dealkylation sites (tertiary alicyclic amines) is 1. The van der Waals surface area contributed by atoms with Gasteiger partial charge in [0, 0.05) is 25.2 Å². The highest BCUT2D eigenvalue weighted by atomic mass is 35.5. The molecular formula is C17H20ClN5O3. The molecule has 0 aliphatic carbocycles. The number of amides is 2. The van der Waals surface area contributed by atoms with Crippen LogP contribution in [0.25, 0.3) is 5.69 Å². The molecule has 2 N–H and O–H groups in total. The van der Waals surface area contributed by atoms with Crippen LogP contribution in [0.1, 0.15) is 19.3 Å². The molecule has 1 spiro atoms. The summed E-state index contributed by atoms with van der Waals surface area (Å²) >= 11 is 6.29. The first-order chi connectivity index (χ1) is 12.5. The van der Waals surface area contributed by atoms with Gasteiger partial charge >= 0.3 is 6.03 Å². The van der Waals surface area contributed by atoms with Gasteiger partial charge in [0.15, 0.2) is 0 Å². The minimum Gasteiger partial charge on any atom is -0.391 e. The zero-order valence-corrected chi connectivity index (χ0v) is 14.9. The zero-order chi connectivity index (χ0) is 18.1. The molecule has 8 nitrogen and oxygen atoms in total. The van der Waals surface area contributed by atoms with Gasteiger partial charge in [0.05, 0.1) is 29.0 Å². The van der Waals surface area contributed by atoms with E-state index in [4.69, 9.17) is 16.3 Å². The van der Waals surface area contributed by atoms with Crippen molar-refractivity contribution in [1.82, 2.24) is 19.7 Å². The standard InChI is InChI=1S/C17H20ClN5O3/c18-14-7-12(1-2-15(14)23-11-19-10-20-23)21-16(25)22-5-3-17(4-6-22)8-13(24)9-26-17/h1-2,7,10-11,13,24H,3-6,8-9H2,(H,21,25)/t13-/m1/s1. The minimum atomic E-state index is -0.388. The van der Waals surface area contributed by atoms with Gasteiger partial charge in [0.25, 0.3) is 0 Å². The van der Waals surface area contributed by atoms with Gasteiger partial charge in [-0.3, -0.25) is 0 Å². The highest BCUT2D eigenvalue weighted by Gasteiger charge is 2.42. The number of aliphatic hydroxyl groups is 1. The second-order valence-corrected chi connectivity index (χ2v) is 7.18. The lowest BCUT2D eigenvalue weighted by molar-refractivity contribution is -0.0365. The third-order valence-electron chi connectivity index (χ3n) is 5.02. The number of carbonyl (C=O) groups is 1. The summed E-state index contributed by atoms with van der Waals surface area (Å²) in [7, 11) is 0. The van der Waals surface area contributed by atoms with Crippen LogP contribution in [0.5, 0.6) is 0 Å². The molecule has 0 unspecified atom stereocenters. The lowest BCUT2D eigenvalue weighted by atomic mass is 9.88. The summed E-state index contributed by atoms with van der Waals surface area (Å²) in [5.41, 5.74) is 1.05. The van der Waals surface area contributed by atoms with Crippen LogP contribution in [-0.2, 0) is 4.74 Å². The Hall–Kier alpha value is -2.16. The van der Waals surface area contributed by atoms with Crippen LogP contribution in [0.2, 0.25) is 5.02 Å². The van der Waals surface area contributed by atoms with Gasteiger partial charge in [-0.15, -0.1) is 0 Å². The van der Waals surface area contributed by atoms with Crippen molar-refractivity contribution in [2.24, 2.45) is 0 Å². The average Bonchev–Trinajstić information content (AvgIpc) is 3.26. The van der Waals surface area contributed by atoms with Crippen molar-refractivity contribution in [3.05, 3.63) is 35.9 Å². The predicted molar refractivity (Wildman–Crippen MR) is 95.5 cm³/mol. The number of benzene rings is 1. The van der Waals surface area contributed by atoms with Crippen molar-refractivity contribution in [2.75, 3.05) is 25.0 Å². The summed E-state index contributed by atoms with van der Waals surface area (Å²) in [6.07, 6.45) is 4.74. The van der Waals surface area contributed by atoms with E-state index in [1.807, 2.05) is 0 Å². The van der Waals surface area contributed by atoms with Gasteiger partial charge in [0.2, 0.25) is 0 Å². The fraction of sp³-hybridized carbons (Fsp3) is 0.471. The van der Waals surface area contributed by atoms with E-state index < -0.39 is 0 Å². The Kier molecular flexibility index (Phi) is 4.56. The van der Waals surface area contributed by atoms with Crippen LogP contribution < -0.4 is 5.32 Å². The van der Waals surface area contributed by atoms with Crippen molar-refractivity contribution in [3.63, 3.8) is 0 Å². The molecule has 2 aliphatic heterocycles. The second-order valence-electron chi connectivity index (χ2n) is 6.78. The molecule has 2 aromatic rings. The number of hydrogen-bond donors (Lipinski definition) is 2. The van der Waals surface area contributed by atoms with Crippen molar-refractivity contribution in [2.45, 2.75) is 31.0 Å². The molecule has 9 heteroatoms. The number of ether oxygens (including phenoxy) is 1. The van der Waals surface area contributed by atoms with Crippen LogP contribution in [0.15, 0.2) is 30.9 Å². The van der Waals surface area contributed by atoms with Gasteiger partial charge < -0.3 is 20.1 Å². The Morgan fingerprint density at radius 3 is 2.81 bits per heavy atom. The second kappa shape index (κ2) is 6.86. The van der Waals surface area contributed by atoms with Gasteiger partial charge in [0.1, 0.15) is 12.7 Å². The minimum absolute atomic E-state index is 0.164. The summed E-state index contributed by atoms with van der Waals surface area (Å²) in [6.45, 7) is 1.59. The first kappa shape index (κ1) is 17.3.